The number of anilines is 2. The number of furan rings is 1. The molecule has 0 spiro atoms. The van der Waals surface area contributed by atoms with E-state index in [-0.39, 0.29) is 23.0 Å². The average molecular weight is 485 g/mol. The fourth-order valence-corrected chi connectivity index (χ4v) is 4.40. The number of amides is 2. The van der Waals surface area contributed by atoms with Gasteiger partial charge in [0, 0.05) is 24.4 Å². The minimum Gasteiger partial charge on any atom is -0.459 e. The van der Waals surface area contributed by atoms with Crippen LogP contribution in [0.4, 0.5) is 24.0 Å². The van der Waals surface area contributed by atoms with Crippen molar-refractivity contribution in [2.45, 2.75) is 19.1 Å². The Kier molecular flexibility index (Phi) is 6.22. The van der Waals surface area contributed by atoms with Crippen molar-refractivity contribution >= 4 is 45.6 Å². The Labute approximate surface area is 189 Å². The van der Waals surface area contributed by atoms with Crippen LogP contribution < -0.4 is 10.6 Å². The number of thiazole rings is 1. The number of nitrogens with zero attached hydrogens (tertiary/aromatic N) is 2. The van der Waals surface area contributed by atoms with E-state index in [0.717, 1.165) is 28.8 Å². The normalized spacial score (nSPS) is 14.1. The van der Waals surface area contributed by atoms with E-state index >= 15 is 0 Å². The van der Waals surface area contributed by atoms with Crippen molar-refractivity contribution in [1.29, 1.82) is 0 Å². The molecule has 7 nitrogen and oxygen atoms in total. The first-order valence-electron chi connectivity index (χ1n) is 9.41. The molecule has 0 aliphatic carbocycles. The summed E-state index contributed by atoms with van der Waals surface area (Å²) < 4.78 is 43.8. The molecule has 0 atom stereocenters. The molecule has 0 bridgehead atoms. The largest absolute Gasteiger partial charge is 0.459 e. The molecule has 2 N–H and O–H groups in total. The number of aromatic nitrogens is 1. The van der Waals surface area contributed by atoms with Crippen LogP contribution in [0.3, 0.4) is 0 Å². The lowest BCUT2D eigenvalue weighted by atomic mass is 10.1. The molecule has 12 heteroatoms. The van der Waals surface area contributed by atoms with E-state index < -0.39 is 23.6 Å². The summed E-state index contributed by atoms with van der Waals surface area (Å²) in [6.45, 7) is 0.928. The number of hydrogen-bond acceptors (Lipinski definition) is 6. The summed E-state index contributed by atoms with van der Waals surface area (Å²) in [5, 5.41) is 5.58. The zero-order valence-electron chi connectivity index (χ0n) is 16.3. The van der Waals surface area contributed by atoms with Crippen molar-refractivity contribution in [1.82, 2.24) is 9.88 Å². The van der Waals surface area contributed by atoms with Crippen LogP contribution in [0.2, 0.25) is 5.02 Å². The Bertz CT molecular complexity index is 1150. The number of alkyl halides is 3. The van der Waals surface area contributed by atoms with Gasteiger partial charge in [0.2, 0.25) is 5.91 Å². The molecular formula is C20H16ClF3N4O3S. The van der Waals surface area contributed by atoms with Gasteiger partial charge in [-0.05, 0) is 30.3 Å². The van der Waals surface area contributed by atoms with Crippen molar-refractivity contribution in [3.63, 3.8) is 0 Å². The quantitative estimate of drug-likeness (QED) is 0.550. The highest BCUT2D eigenvalue weighted by atomic mass is 35.5. The summed E-state index contributed by atoms with van der Waals surface area (Å²) in [5.74, 6) is -0.717. The van der Waals surface area contributed by atoms with Gasteiger partial charge >= 0.3 is 6.18 Å². The number of benzene rings is 1. The topological polar surface area (TPSA) is 87.5 Å². The predicted molar refractivity (Wildman–Crippen MR) is 113 cm³/mol. The number of fused-ring (bicyclic) bond motifs is 1. The summed E-state index contributed by atoms with van der Waals surface area (Å²) in [7, 11) is 0. The molecule has 1 aliphatic rings. The molecule has 2 amide bonds. The molecule has 1 aliphatic heterocycles. The van der Waals surface area contributed by atoms with Gasteiger partial charge in [-0.15, -0.1) is 11.3 Å². The lowest BCUT2D eigenvalue weighted by Crippen LogP contribution is -2.36. The van der Waals surface area contributed by atoms with Crippen LogP contribution in [-0.2, 0) is 23.9 Å². The van der Waals surface area contributed by atoms with Crippen molar-refractivity contribution in [3.8, 4) is 0 Å². The third-order valence-corrected chi connectivity index (χ3v) is 6.04. The first kappa shape index (κ1) is 22.3. The molecule has 168 valence electrons. The number of rotatable bonds is 5. The van der Waals surface area contributed by atoms with Crippen molar-refractivity contribution < 1.29 is 27.2 Å². The maximum absolute atomic E-state index is 12.9. The molecule has 0 fully saturated rings. The molecule has 0 saturated heterocycles. The van der Waals surface area contributed by atoms with Gasteiger partial charge in [0.05, 0.1) is 34.8 Å². The molecule has 1 aromatic carbocycles. The molecule has 32 heavy (non-hydrogen) atoms. The van der Waals surface area contributed by atoms with E-state index in [1.807, 2.05) is 4.90 Å². The summed E-state index contributed by atoms with van der Waals surface area (Å²) >= 11 is 7.24. The molecule has 3 heterocycles. The van der Waals surface area contributed by atoms with Crippen LogP contribution in [0.25, 0.3) is 0 Å². The Morgan fingerprint density at radius 1 is 1.25 bits per heavy atom. The minimum atomic E-state index is -4.54. The smallest absolute Gasteiger partial charge is 0.416 e. The van der Waals surface area contributed by atoms with Gasteiger partial charge in [0.25, 0.3) is 5.91 Å². The summed E-state index contributed by atoms with van der Waals surface area (Å²) in [6.07, 6.45) is -2.57. The molecular weight excluding hydrogens is 469 g/mol. The Morgan fingerprint density at radius 2 is 2.06 bits per heavy atom. The Morgan fingerprint density at radius 3 is 2.78 bits per heavy atom. The zero-order valence-corrected chi connectivity index (χ0v) is 17.9. The molecule has 0 unspecified atom stereocenters. The highest BCUT2D eigenvalue weighted by Gasteiger charge is 2.31. The van der Waals surface area contributed by atoms with Crippen LogP contribution in [0, 0.1) is 0 Å². The van der Waals surface area contributed by atoms with Crippen LogP contribution in [0.5, 0.6) is 0 Å². The molecule has 2 aromatic heterocycles. The fourth-order valence-electron chi connectivity index (χ4n) is 3.19. The van der Waals surface area contributed by atoms with Gasteiger partial charge in [-0.25, -0.2) is 4.98 Å². The van der Waals surface area contributed by atoms with E-state index in [9.17, 15) is 22.8 Å². The van der Waals surface area contributed by atoms with Gasteiger partial charge in [-0.2, -0.15) is 13.2 Å². The number of carbonyl (C=O) groups excluding carboxylic acids is 2. The van der Waals surface area contributed by atoms with Crippen molar-refractivity contribution in [3.05, 3.63) is 63.5 Å². The van der Waals surface area contributed by atoms with Gasteiger partial charge in [0.15, 0.2) is 10.9 Å². The van der Waals surface area contributed by atoms with Gasteiger partial charge in [0.1, 0.15) is 0 Å². The third kappa shape index (κ3) is 5.12. The van der Waals surface area contributed by atoms with Crippen molar-refractivity contribution in [2.75, 3.05) is 23.7 Å². The summed E-state index contributed by atoms with van der Waals surface area (Å²) in [6, 6.07) is 5.92. The molecule has 0 saturated carbocycles. The Hall–Kier alpha value is -2.89. The second-order valence-corrected chi connectivity index (χ2v) is 8.51. The maximum atomic E-state index is 12.9. The monoisotopic (exact) mass is 484 g/mol. The number of nitrogens with one attached hydrogen (secondary N) is 2. The second kappa shape index (κ2) is 8.93. The maximum Gasteiger partial charge on any atom is 0.416 e. The number of carbonyl (C=O) groups is 2. The van der Waals surface area contributed by atoms with Gasteiger partial charge in [-0.1, -0.05) is 11.6 Å². The first-order valence-corrected chi connectivity index (χ1v) is 10.6. The highest BCUT2D eigenvalue weighted by molar-refractivity contribution is 7.15. The van der Waals surface area contributed by atoms with Gasteiger partial charge < -0.3 is 9.73 Å². The average Bonchev–Trinajstić information content (AvgIpc) is 3.38. The molecule has 4 rings (SSSR count). The van der Waals surface area contributed by atoms with Gasteiger partial charge in [-0.3, -0.25) is 19.8 Å². The first-order chi connectivity index (χ1) is 15.2. The zero-order chi connectivity index (χ0) is 22.9. The lowest BCUT2D eigenvalue weighted by molar-refractivity contribution is -0.137. The van der Waals surface area contributed by atoms with Crippen LogP contribution in [-0.4, -0.2) is 34.8 Å². The minimum absolute atomic E-state index is 0.0201. The Balaban J connectivity index is 1.37. The molecule has 3 aromatic rings. The summed E-state index contributed by atoms with van der Waals surface area (Å²) in [4.78, 5) is 31.7. The van der Waals surface area contributed by atoms with Crippen LogP contribution in [0.1, 0.15) is 26.7 Å². The molecule has 0 radical (unpaired) electrons. The third-order valence-electron chi connectivity index (χ3n) is 4.71. The highest BCUT2D eigenvalue weighted by Crippen LogP contribution is 2.34. The standard InChI is InChI=1S/C20H16ClF3N4O3S/c21-12-4-3-11(20(22,23)24)8-14(12)25-17(29)10-28-6-5-13-16(9-28)32-19(26-13)27-18(30)15-2-1-7-31-15/h1-4,7-8H,5-6,9-10H2,(H,25,29)(H,26,27,30). The van der Waals surface area contributed by atoms with Crippen LogP contribution in [0.15, 0.2) is 41.0 Å². The van der Waals surface area contributed by atoms with Crippen molar-refractivity contribution in [2.24, 2.45) is 0 Å². The number of halogens is 4. The van der Waals surface area contributed by atoms with E-state index in [0.29, 0.717) is 24.6 Å². The fraction of sp³-hybridized carbons (Fsp3) is 0.250. The van der Waals surface area contributed by atoms with E-state index in [4.69, 9.17) is 16.0 Å². The SMILES string of the molecule is O=C(CN1CCc2nc(NC(=O)c3ccco3)sc2C1)Nc1cc(C(F)(F)F)ccc1Cl. The lowest BCUT2D eigenvalue weighted by Gasteiger charge is -2.25. The summed E-state index contributed by atoms with van der Waals surface area (Å²) in [5.41, 5.74) is -0.152. The van der Waals surface area contributed by atoms with E-state index in [1.54, 1.807) is 12.1 Å². The van der Waals surface area contributed by atoms with E-state index in [2.05, 4.69) is 15.6 Å². The van der Waals surface area contributed by atoms with E-state index in [1.165, 1.54) is 17.6 Å². The number of hydrogen-bond donors (Lipinski definition) is 2. The predicted octanol–water partition coefficient (Wildman–Crippen LogP) is 4.66. The van der Waals surface area contributed by atoms with Crippen LogP contribution >= 0.6 is 22.9 Å². The second-order valence-electron chi connectivity index (χ2n) is 7.02.